The molecule has 0 spiro atoms. The zero-order valence-electron chi connectivity index (χ0n) is 13.4. The molecule has 0 aliphatic carbocycles. The molecule has 0 saturated carbocycles. The molecule has 5 heteroatoms. The van der Waals surface area contributed by atoms with Crippen molar-refractivity contribution in [3.8, 4) is 0 Å². The van der Waals surface area contributed by atoms with E-state index in [1.54, 1.807) is 13.1 Å². The molecule has 0 aromatic heterocycles. The van der Waals surface area contributed by atoms with Gasteiger partial charge in [-0.1, -0.05) is 38.1 Å². The maximum absolute atomic E-state index is 12.7. The first-order chi connectivity index (χ1) is 9.82. The van der Waals surface area contributed by atoms with Crippen molar-refractivity contribution in [1.29, 1.82) is 0 Å². The molecule has 0 heterocycles. The largest absolute Gasteiger partial charge is 0.313 e. The SMILES string of the molecule is C=C(C)CN(C)S(=O)(=O)c1cc(CNCC)ccc1CC. The second kappa shape index (κ2) is 7.73. The van der Waals surface area contributed by atoms with Crippen molar-refractivity contribution in [3.63, 3.8) is 0 Å². The predicted molar refractivity (Wildman–Crippen MR) is 87.8 cm³/mol. The summed E-state index contributed by atoms with van der Waals surface area (Å²) >= 11 is 0. The van der Waals surface area contributed by atoms with Crippen molar-refractivity contribution in [2.75, 3.05) is 20.1 Å². The number of benzene rings is 1. The van der Waals surface area contributed by atoms with Gasteiger partial charge in [0.05, 0.1) is 4.90 Å². The van der Waals surface area contributed by atoms with Gasteiger partial charge in [-0.3, -0.25) is 0 Å². The Morgan fingerprint density at radius 3 is 2.52 bits per heavy atom. The molecule has 1 aromatic rings. The van der Waals surface area contributed by atoms with Gasteiger partial charge in [0.25, 0.3) is 0 Å². The molecule has 1 rings (SSSR count). The van der Waals surface area contributed by atoms with Gasteiger partial charge in [-0.2, -0.15) is 4.31 Å². The van der Waals surface area contributed by atoms with Gasteiger partial charge in [-0.05, 0) is 37.1 Å². The standard InChI is InChI=1S/C16H26N2O2S/c1-6-15-9-8-14(11-17-7-2)10-16(15)21(19,20)18(5)12-13(3)4/h8-10,17H,3,6-7,11-12H2,1-2,4-5H3. The average molecular weight is 310 g/mol. The number of likely N-dealkylation sites (N-methyl/N-ethyl adjacent to an activating group) is 1. The van der Waals surface area contributed by atoms with E-state index in [4.69, 9.17) is 0 Å². The fourth-order valence-electron chi connectivity index (χ4n) is 2.14. The summed E-state index contributed by atoms with van der Waals surface area (Å²) in [7, 11) is -1.88. The summed E-state index contributed by atoms with van der Waals surface area (Å²) in [6, 6.07) is 5.68. The Kier molecular flexibility index (Phi) is 6.58. The Morgan fingerprint density at radius 2 is 2.00 bits per heavy atom. The minimum Gasteiger partial charge on any atom is -0.313 e. The highest BCUT2D eigenvalue weighted by molar-refractivity contribution is 7.89. The van der Waals surface area contributed by atoms with Gasteiger partial charge in [-0.25, -0.2) is 8.42 Å². The maximum atomic E-state index is 12.7. The third kappa shape index (κ3) is 4.66. The molecule has 0 fully saturated rings. The minimum absolute atomic E-state index is 0.336. The van der Waals surface area contributed by atoms with Crippen molar-refractivity contribution < 1.29 is 8.42 Å². The quantitative estimate of drug-likeness (QED) is 0.751. The first-order valence-corrected chi connectivity index (χ1v) is 8.70. The van der Waals surface area contributed by atoms with Gasteiger partial charge in [0.1, 0.15) is 0 Å². The second-order valence-electron chi connectivity index (χ2n) is 5.29. The van der Waals surface area contributed by atoms with Crippen molar-refractivity contribution >= 4 is 10.0 Å². The number of hydrogen-bond acceptors (Lipinski definition) is 3. The molecule has 0 amide bonds. The van der Waals surface area contributed by atoms with E-state index in [0.29, 0.717) is 24.4 Å². The molecule has 1 N–H and O–H groups in total. The van der Waals surface area contributed by atoms with Crippen LogP contribution >= 0.6 is 0 Å². The molecular weight excluding hydrogens is 284 g/mol. The third-order valence-electron chi connectivity index (χ3n) is 3.27. The molecule has 0 aliphatic rings. The molecular formula is C16H26N2O2S. The van der Waals surface area contributed by atoms with Gasteiger partial charge in [0.15, 0.2) is 0 Å². The maximum Gasteiger partial charge on any atom is 0.243 e. The second-order valence-corrected chi connectivity index (χ2v) is 7.31. The van der Waals surface area contributed by atoms with Crippen molar-refractivity contribution in [2.45, 2.75) is 38.6 Å². The lowest BCUT2D eigenvalue weighted by Gasteiger charge is -2.20. The van der Waals surface area contributed by atoms with Gasteiger partial charge in [-0.15, -0.1) is 0 Å². The molecule has 1 aromatic carbocycles. The highest BCUT2D eigenvalue weighted by atomic mass is 32.2. The van der Waals surface area contributed by atoms with E-state index in [0.717, 1.165) is 23.2 Å². The minimum atomic E-state index is -3.48. The van der Waals surface area contributed by atoms with E-state index in [-0.39, 0.29) is 0 Å². The predicted octanol–water partition coefficient (Wildman–Crippen LogP) is 2.56. The highest BCUT2D eigenvalue weighted by Crippen LogP contribution is 2.22. The van der Waals surface area contributed by atoms with Crippen LogP contribution in [-0.2, 0) is 23.0 Å². The topological polar surface area (TPSA) is 49.4 Å². The summed E-state index contributed by atoms with van der Waals surface area (Å²) in [6.07, 6.45) is 0.691. The third-order valence-corrected chi connectivity index (χ3v) is 5.16. The van der Waals surface area contributed by atoms with Crippen LogP contribution in [0.4, 0.5) is 0 Å². The molecule has 0 unspecified atom stereocenters. The lowest BCUT2D eigenvalue weighted by atomic mass is 10.1. The van der Waals surface area contributed by atoms with Crippen LogP contribution in [0.25, 0.3) is 0 Å². The van der Waals surface area contributed by atoms with Crippen molar-refractivity contribution in [1.82, 2.24) is 9.62 Å². The number of nitrogens with zero attached hydrogens (tertiary/aromatic N) is 1. The number of sulfonamides is 1. The van der Waals surface area contributed by atoms with Crippen LogP contribution in [0.15, 0.2) is 35.2 Å². The fourth-order valence-corrected chi connectivity index (χ4v) is 3.71. The summed E-state index contributed by atoms with van der Waals surface area (Å²) < 4.78 is 26.8. The van der Waals surface area contributed by atoms with Crippen LogP contribution in [0.3, 0.4) is 0 Å². The van der Waals surface area contributed by atoms with Gasteiger partial charge in [0, 0.05) is 20.1 Å². The van der Waals surface area contributed by atoms with E-state index in [2.05, 4.69) is 11.9 Å². The zero-order chi connectivity index (χ0) is 16.0. The highest BCUT2D eigenvalue weighted by Gasteiger charge is 2.23. The Bertz CT molecular complexity index is 594. The Hall–Kier alpha value is -1.17. The van der Waals surface area contributed by atoms with E-state index in [1.807, 2.05) is 32.9 Å². The fraction of sp³-hybridized carbons (Fsp3) is 0.500. The van der Waals surface area contributed by atoms with Crippen LogP contribution in [0.2, 0.25) is 0 Å². The van der Waals surface area contributed by atoms with E-state index < -0.39 is 10.0 Å². The van der Waals surface area contributed by atoms with E-state index in [1.165, 1.54) is 4.31 Å². The van der Waals surface area contributed by atoms with Gasteiger partial charge >= 0.3 is 0 Å². The number of aryl methyl sites for hydroxylation is 1. The normalized spacial score (nSPS) is 11.9. The van der Waals surface area contributed by atoms with Crippen LogP contribution in [-0.4, -0.2) is 32.9 Å². The lowest BCUT2D eigenvalue weighted by molar-refractivity contribution is 0.492. The molecule has 21 heavy (non-hydrogen) atoms. The van der Waals surface area contributed by atoms with Gasteiger partial charge < -0.3 is 5.32 Å². The summed E-state index contributed by atoms with van der Waals surface area (Å²) in [5.74, 6) is 0. The Morgan fingerprint density at radius 1 is 1.33 bits per heavy atom. The van der Waals surface area contributed by atoms with Gasteiger partial charge in [0.2, 0.25) is 10.0 Å². The molecule has 0 saturated heterocycles. The average Bonchev–Trinajstić information content (AvgIpc) is 2.44. The molecule has 0 aliphatic heterocycles. The smallest absolute Gasteiger partial charge is 0.243 e. The van der Waals surface area contributed by atoms with Crippen LogP contribution in [0, 0.1) is 0 Å². The first-order valence-electron chi connectivity index (χ1n) is 7.26. The monoisotopic (exact) mass is 310 g/mol. The number of hydrogen-bond donors (Lipinski definition) is 1. The summed E-state index contributed by atoms with van der Waals surface area (Å²) in [4.78, 5) is 0.407. The Labute approximate surface area is 128 Å². The molecule has 4 nitrogen and oxygen atoms in total. The van der Waals surface area contributed by atoms with Crippen LogP contribution in [0.1, 0.15) is 31.9 Å². The number of nitrogens with one attached hydrogen (secondary N) is 1. The first kappa shape index (κ1) is 17.9. The van der Waals surface area contributed by atoms with Crippen molar-refractivity contribution in [2.24, 2.45) is 0 Å². The van der Waals surface area contributed by atoms with E-state index in [9.17, 15) is 8.42 Å². The molecule has 118 valence electrons. The summed E-state index contributed by atoms with van der Waals surface area (Å²) in [5, 5.41) is 3.22. The van der Waals surface area contributed by atoms with Crippen molar-refractivity contribution in [3.05, 3.63) is 41.5 Å². The summed E-state index contributed by atoms with van der Waals surface area (Å²) in [5.41, 5.74) is 2.66. The summed E-state index contributed by atoms with van der Waals surface area (Å²) in [6.45, 7) is 11.5. The zero-order valence-corrected chi connectivity index (χ0v) is 14.3. The van der Waals surface area contributed by atoms with Crippen LogP contribution in [0.5, 0.6) is 0 Å². The van der Waals surface area contributed by atoms with Crippen LogP contribution < -0.4 is 5.32 Å². The molecule has 0 radical (unpaired) electrons. The molecule has 0 bridgehead atoms. The lowest BCUT2D eigenvalue weighted by Crippen LogP contribution is -2.29. The molecule has 0 atom stereocenters. The Balaban J connectivity index is 3.21. The van der Waals surface area contributed by atoms with E-state index >= 15 is 0 Å². The number of rotatable bonds is 8.